The Labute approximate surface area is 265 Å². The van der Waals surface area contributed by atoms with E-state index in [-0.39, 0.29) is 19.3 Å². The first-order valence-electron chi connectivity index (χ1n) is 15.2. The second-order valence-electron chi connectivity index (χ2n) is 11.5. The summed E-state index contributed by atoms with van der Waals surface area (Å²) < 4.78 is 0. The number of aromatic amines is 2. The number of aliphatic carboxylic acids is 2. The topological polar surface area (TPSA) is 219 Å². The first kappa shape index (κ1) is 33.7. The van der Waals surface area contributed by atoms with Gasteiger partial charge in [-0.05, 0) is 42.0 Å². The molecule has 0 spiro atoms. The molecule has 46 heavy (non-hydrogen) atoms. The summed E-state index contributed by atoms with van der Waals surface area (Å²) in [6.45, 7) is 3.53. The van der Waals surface area contributed by atoms with Crippen molar-refractivity contribution in [3.8, 4) is 0 Å². The van der Waals surface area contributed by atoms with Crippen molar-refractivity contribution in [3.05, 3.63) is 72.1 Å². The summed E-state index contributed by atoms with van der Waals surface area (Å²) in [5.74, 6) is -5.00. The number of nitrogens with two attached hydrogens (primary N) is 1. The van der Waals surface area contributed by atoms with Crippen LogP contribution in [-0.2, 0) is 36.8 Å². The van der Waals surface area contributed by atoms with E-state index in [4.69, 9.17) is 5.73 Å². The molecule has 13 heteroatoms. The molecule has 4 rings (SSSR count). The van der Waals surface area contributed by atoms with Crippen molar-refractivity contribution in [2.45, 2.75) is 70.1 Å². The Hall–Kier alpha value is -5.17. The van der Waals surface area contributed by atoms with Gasteiger partial charge in [-0.15, -0.1) is 0 Å². The fourth-order valence-electron chi connectivity index (χ4n) is 5.38. The number of carbonyl (C=O) groups is 5. The highest BCUT2D eigenvalue weighted by Gasteiger charge is 2.33. The van der Waals surface area contributed by atoms with Crippen LogP contribution in [0.15, 0.2) is 60.9 Å². The highest BCUT2D eigenvalue weighted by Crippen LogP contribution is 2.20. The highest BCUT2D eigenvalue weighted by molar-refractivity contribution is 5.95. The Morgan fingerprint density at radius 1 is 0.761 bits per heavy atom. The maximum Gasteiger partial charge on any atom is 0.326 e. The summed E-state index contributed by atoms with van der Waals surface area (Å²) in [5.41, 5.74) is 9.41. The smallest absolute Gasteiger partial charge is 0.326 e. The third-order valence-electron chi connectivity index (χ3n) is 8.24. The Kier molecular flexibility index (Phi) is 11.2. The van der Waals surface area contributed by atoms with Crippen molar-refractivity contribution in [3.63, 3.8) is 0 Å². The summed E-state index contributed by atoms with van der Waals surface area (Å²) in [4.78, 5) is 69.9. The zero-order chi connectivity index (χ0) is 33.4. The van der Waals surface area contributed by atoms with E-state index in [1.807, 2.05) is 55.5 Å². The van der Waals surface area contributed by atoms with Crippen molar-refractivity contribution in [1.82, 2.24) is 25.9 Å². The minimum Gasteiger partial charge on any atom is -0.481 e. The van der Waals surface area contributed by atoms with Crippen molar-refractivity contribution in [2.24, 2.45) is 11.7 Å². The second-order valence-corrected chi connectivity index (χ2v) is 11.5. The number of fused-ring (bicyclic) bond motifs is 2. The van der Waals surface area contributed by atoms with E-state index in [2.05, 4.69) is 25.9 Å². The number of aromatic nitrogens is 2. The number of H-pyrrole nitrogens is 2. The van der Waals surface area contributed by atoms with Crippen molar-refractivity contribution in [1.29, 1.82) is 0 Å². The number of nitrogens with one attached hydrogen (secondary N) is 5. The van der Waals surface area contributed by atoms with Crippen LogP contribution in [0.3, 0.4) is 0 Å². The summed E-state index contributed by atoms with van der Waals surface area (Å²) in [5, 5.41) is 28.7. The van der Waals surface area contributed by atoms with E-state index in [1.165, 1.54) is 0 Å². The van der Waals surface area contributed by atoms with E-state index >= 15 is 0 Å². The molecule has 0 aliphatic carbocycles. The van der Waals surface area contributed by atoms with E-state index in [1.54, 1.807) is 19.3 Å². The summed E-state index contributed by atoms with van der Waals surface area (Å²) in [7, 11) is 0. The number of hydrogen-bond acceptors (Lipinski definition) is 6. The van der Waals surface area contributed by atoms with Gasteiger partial charge in [-0.2, -0.15) is 0 Å². The highest BCUT2D eigenvalue weighted by atomic mass is 16.4. The van der Waals surface area contributed by atoms with E-state index in [0.717, 1.165) is 27.4 Å². The van der Waals surface area contributed by atoms with Gasteiger partial charge in [0, 0.05) is 47.0 Å². The van der Waals surface area contributed by atoms with Crippen LogP contribution in [0.2, 0.25) is 0 Å². The van der Waals surface area contributed by atoms with Crippen LogP contribution in [0.4, 0.5) is 0 Å². The average molecular weight is 633 g/mol. The molecule has 0 aliphatic rings. The van der Waals surface area contributed by atoms with Gasteiger partial charge >= 0.3 is 11.9 Å². The van der Waals surface area contributed by atoms with Gasteiger partial charge in [0.1, 0.15) is 18.1 Å². The Morgan fingerprint density at radius 2 is 1.30 bits per heavy atom. The fraction of sp³-hybridized carbons (Fsp3) is 0.364. The third kappa shape index (κ3) is 8.30. The molecule has 5 atom stereocenters. The fourth-order valence-corrected chi connectivity index (χ4v) is 5.38. The predicted molar refractivity (Wildman–Crippen MR) is 172 cm³/mol. The van der Waals surface area contributed by atoms with E-state index in [9.17, 15) is 34.2 Å². The van der Waals surface area contributed by atoms with Crippen LogP contribution in [0.5, 0.6) is 0 Å². The first-order chi connectivity index (χ1) is 22.0. The molecule has 0 fully saturated rings. The lowest BCUT2D eigenvalue weighted by Gasteiger charge is -2.28. The second kappa shape index (κ2) is 15.2. The first-order valence-corrected chi connectivity index (χ1v) is 15.2. The van der Waals surface area contributed by atoms with Crippen LogP contribution in [0.1, 0.15) is 44.2 Å². The maximum atomic E-state index is 13.5. The van der Waals surface area contributed by atoms with Gasteiger partial charge in [0.25, 0.3) is 0 Å². The van der Waals surface area contributed by atoms with Gasteiger partial charge in [-0.1, -0.05) is 56.7 Å². The quantitative estimate of drug-likeness (QED) is 0.0913. The Bertz CT molecular complexity index is 1710. The van der Waals surface area contributed by atoms with Gasteiger partial charge in [0.2, 0.25) is 17.7 Å². The van der Waals surface area contributed by atoms with Gasteiger partial charge in [0.05, 0.1) is 6.04 Å². The molecule has 0 saturated heterocycles. The van der Waals surface area contributed by atoms with Crippen molar-refractivity contribution >= 4 is 51.5 Å². The van der Waals surface area contributed by atoms with Gasteiger partial charge in [-0.25, -0.2) is 4.79 Å². The van der Waals surface area contributed by atoms with E-state index < -0.39 is 66.2 Å². The zero-order valence-corrected chi connectivity index (χ0v) is 25.7. The Balaban J connectivity index is 1.46. The minimum absolute atomic E-state index is 0.00211. The molecular formula is C33H40N6O7. The van der Waals surface area contributed by atoms with Crippen molar-refractivity contribution in [2.75, 3.05) is 0 Å². The van der Waals surface area contributed by atoms with E-state index in [0.29, 0.717) is 12.0 Å². The van der Waals surface area contributed by atoms with Gasteiger partial charge in [0.15, 0.2) is 0 Å². The lowest BCUT2D eigenvalue weighted by atomic mass is 9.96. The molecule has 0 aliphatic heterocycles. The van der Waals surface area contributed by atoms with Gasteiger partial charge in [-0.3, -0.25) is 19.2 Å². The molecule has 0 radical (unpaired) electrons. The number of para-hydroxylation sites is 2. The number of benzene rings is 2. The zero-order valence-electron chi connectivity index (χ0n) is 25.7. The Morgan fingerprint density at radius 3 is 1.85 bits per heavy atom. The molecular weight excluding hydrogens is 592 g/mol. The number of hydrogen-bond donors (Lipinski definition) is 8. The minimum atomic E-state index is -1.31. The standard InChI is InChI=1S/C33H40N6O7/c1-3-18(2)29(32(44)38-27(33(45)46)15-20-17-36-25-11-7-5-9-22(20)25)39-31(43)26(12-13-28(40)41)37-30(42)23(34)14-19-16-35-24-10-6-4-8-21(19)24/h4-11,16-18,23,26-27,29,35-36H,3,12-15,34H2,1-2H3,(H,37,42)(H,38,44)(H,39,43)(H,40,41)(H,45,46). The predicted octanol–water partition coefficient (Wildman–Crippen LogP) is 2.21. The molecule has 2 aromatic heterocycles. The molecule has 0 saturated carbocycles. The lowest BCUT2D eigenvalue weighted by molar-refractivity contribution is -0.142. The van der Waals surface area contributed by atoms with Crippen molar-refractivity contribution < 1.29 is 34.2 Å². The van der Waals surface area contributed by atoms with Crippen LogP contribution < -0.4 is 21.7 Å². The number of rotatable bonds is 16. The number of carboxylic acid groups (broad SMARTS) is 2. The molecule has 3 amide bonds. The van der Waals surface area contributed by atoms with Crippen LogP contribution in [-0.4, -0.2) is 74.0 Å². The monoisotopic (exact) mass is 632 g/mol. The summed E-state index contributed by atoms with van der Waals surface area (Å²) in [6.07, 6.45) is 3.39. The molecule has 9 N–H and O–H groups in total. The molecule has 2 aromatic carbocycles. The van der Waals surface area contributed by atoms with Crippen LogP contribution in [0.25, 0.3) is 21.8 Å². The third-order valence-corrected chi connectivity index (χ3v) is 8.24. The molecule has 5 unspecified atom stereocenters. The normalized spacial score (nSPS) is 14.6. The summed E-state index contributed by atoms with van der Waals surface area (Å²) in [6, 6.07) is 10.1. The largest absolute Gasteiger partial charge is 0.481 e. The molecule has 4 aromatic rings. The number of carbonyl (C=O) groups excluding carboxylic acids is 3. The van der Waals surface area contributed by atoms with Gasteiger partial charge < -0.3 is 41.9 Å². The summed E-state index contributed by atoms with van der Waals surface area (Å²) >= 11 is 0. The average Bonchev–Trinajstić information content (AvgIpc) is 3.64. The SMILES string of the molecule is CCC(C)C(NC(=O)C(CCC(=O)O)NC(=O)C(N)Cc1c[nH]c2ccccc12)C(=O)NC(Cc1c[nH]c2ccccc12)C(=O)O. The number of amides is 3. The molecule has 0 bridgehead atoms. The molecule has 13 nitrogen and oxygen atoms in total. The molecule has 244 valence electrons. The molecule has 2 heterocycles. The number of carboxylic acids is 2. The lowest BCUT2D eigenvalue weighted by Crippen LogP contribution is -2.59. The van der Waals surface area contributed by atoms with Crippen LogP contribution in [0, 0.1) is 5.92 Å². The van der Waals surface area contributed by atoms with Crippen LogP contribution >= 0.6 is 0 Å². The maximum absolute atomic E-state index is 13.5.